The molecule has 2 aromatic carbocycles. The Morgan fingerprint density at radius 1 is 1.00 bits per heavy atom. The van der Waals surface area contributed by atoms with Crippen molar-refractivity contribution in [1.29, 1.82) is 0 Å². The van der Waals surface area contributed by atoms with Crippen molar-refractivity contribution in [3.8, 4) is 11.1 Å². The summed E-state index contributed by atoms with van der Waals surface area (Å²) in [6.45, 7) is 3.63. The minimum atomic E-state index is -4.70. The van der Waals surface area contributed by atoms with Crippen molar-refractivity contribution in [2.75, 3.05) is 0 Å². The molecule has 1 heterocycles. The first-order valence-electron chi connectivity index (χ1n) is 13.9. The molecule has 1 saturated carbocycles. The van der Waals surface area contributed by atoms with Gasteiger partial charge in [-0.05, 0) is 47.8 Å². The van der Waals surface area contributed by atoms with E-state index in [9.17, 15) is 27.9 Å². The molecule has 0 saturated heterocycles. The lowest BCUT2D eigenvalue weighted by Crippen LogP contribution is -2.28. The topological polar surface area (TPSA) is 64.2 Å². The summed E-state index contributed by atoms with van der Waals surface area (Å²) in [5, 5.41) is 10.1. The largest absolute Gasteiger partial charge is 0.478 e. The van der Waals surface area contributed by atoms with Gasteiger partial charge < -0.3 is 5.11 Å². The van der Waals surface area contributed by atoms with E-state index in [4.69, 9.17) is 0 Å². The van der Waals surface area contributed by atoms with Gasteiger partial charge in [0.15, 0.2) is 0 Å². The fraction of sp³-hybridized carbons (Fsp3) is 0.484. The number of carboxylic acids is 1. The van der Waals surface area contributed by atoms with E-state index < -0.39 is 23.5 Å². The molecule has 4 rings (SSSR count). The first-order valence-corrected chi connectivity index (χ1v) is 13.9. The molecule has 0 amide bonds. The van der Waals surface area contributed by atoms with Crippen LogP contribution in [-0.2, 0) is 25.7 Å². The third kappa shape index (κ3) is 6.65. The second-order valence-corrected chi connectivity index (χ2v) is 11.0. The first kappa shape index (κ1) is 28.7. The molecule has 0 aliphatic heterocycles. The number of hydrogen-bond donors (Lipinski definition) is 1. The Kier molecular flexibility index (Phi) is 9.03. The minimum absolute atomic E-state index is 0.00563. The Morgan fingerprint density at radius 2 is 1.69 bits per heavy atom. The summed E-state index contributed by atoms with van der Waals surface area (Å²) in [6, 6.07) is 13.9. The van der Waals surface area contributed by atoms with Crippen LogP contribution in [0.3, 0.4) is 0 Å². The van der Waals surface area contributed by atoms with Gasteiger partial charge in [0.2, 0.25) is 0 Å². The molecule has 1 fully saturated rings. The van der Waals surface area contributed by atoms with Crippen LogP contribution in [0.25, 0.3) is 11.1 Å². The van der Waals surface area contributed by atoms with Gasteiger partial charge in [-0.1, -0.05) is 94.5 Å². The summed E-state index contributed by atoms with van der Waals surface area (Å²) in [6.07, 6.45) is 1.63. The fourth-order valence-corrected chi connectivity index (χ4v) is 5.81. The lowest BCUT2D eigenvalue weighted by Gasteiger charge is -2.22. The predicted octanol–water partition coefficient (Wildman–Crippen LogP) is 7.64. The number of aromatic carboxylic acids is 1. The van der Waals surface area contributed by atoms with Gasteiger partial charge in [-0.15, -0.1) is 0 Å². The Balaban J connectivity index is 1.82. The number of halogens is 3. The number of nitrogens with zero attached hydrogens (tertiary/aromatic N) is 2. The molecule has 1 aromatic heterocycles. The van der Waals surface area contributed by atoms with Gasteiger partial charge >= 0.3 is 17.8 Å². The third-order valence-corrected chi connectivity index (χ3v) is 7.82. The van der Waals surface area contributed by atoms with E-state index in [2.05, 4.69) is 0 Å². The number of carbonyl (C=O) groups is 1. The molecular formula is C31H37F3N2O3. The Morgan fingerprint density at radius 3 is 2.31 bits per heavy atom. The van der Waals surface area contributed by atoms with Crippen molar-refractivity contribution in [2.45, 2.75) is 84.5 Å². The van der Waals surface area contributed by atoms with Gasteiger partial charge in [-0.25, -0.2) is 9.59 Å². The molecule has 1 N–H and O–H groups in total. The standard InChI is InChI=1S/C31H37F3N2O3/c1-21(2)16-17-26-28(31(32,33)34)35(19-18-22-10-5-3-6-11-22)30(39)36(26)20-24-14-9-15-25(27(24)29(37)38)23-12-7-4-8-13-23/h4,7-9,12-15,21-22H,3,5-6,10-11,16-20H2,1-2H3,(H,37,38). The van der Waals surface area contributed by atoms with Crippen LogP contribution in [0.2, 0.25) is 0 Å². The maximum absolute atomic E-state index is 14.6. The van der Waals surface area contributed by atoms with E-state index in [0.717, 1.165) is 36.7 Å². The average molecular weight is 543 g/mol. The smallest absolute Gasteiger partial charge is 0.433 e. The van der Waals surface area contributed by atoms with Crippen LogP contribution < -0.4 is 5.69 Å². The van der Waals surface area contributed by atoms with Crippen LogP contribution in [0, 0.1) is 11.8 Å². The molecule has 0 atom stereocenters. The van der Waals surface area contributed by atoms with E-state index >= 15 is 0 Å². The summed E-state index contributed by atoms with van der Waals surface area (Å²) in [5.74, 6) is -0.736. The molecule has 3 aromatic rings. The highest BCUT2D eigenvalue weighted by atomic mass is 19.4. The van der Waals surface area contributed by atoms with Gasteiger partial charge in [0.1, 0.15) is 5.69 Å². The Bertz CT molecular complexity index is 1330. The van der Waals surface area contributed by atoms with Crippen LogP contribution in [-0.4, -0.2) is 20.2 Å². The zero-order valence-corrected chi connectivity index (χ0v) is 22.6. The highest BCUT2D eigenvalue weighted by molar-refractivity contribution is 5.97. The molecule has 5 nitrogen and oxygen atoms in total. The van der Waals surface area contributed by atoms with Crippen LogP contribution >= 0.6 is 0 Å². The molecule has 210 valence electrons. The molecular weight excluding hydrogens is 505 g/mol. The maximum Gasteiger partial charge on any atom is 0.433 e. The molecule has 39 heavy (non-hydrogen) atoms. The molecule has 0 unspecified atom stereocenters. The maximum atomic E-state index is 14.6. The van der Waals surface area contributed by atoms with Gasteiger partial charge in [0.25, 0.3) is 0 Å². The number of alkyl halides is 3. The third-order valence-electron chi connectivity index (χ3n) is 7.82. The fourth-order valence-electron chi connectivity index (χ4n) is 5.81. The van der Waals surface area contributed by atoms with E-state index in [0.29, 0.717) is 35.4 Å². The summed E-state index contributed by atoms with van der Waals surface area (Å²) in [7, 11) is 0. The highest BCUT2D eigenvalue weighted by Crippen LogP contribution is 2.35. The van der Waals surface area contributed by atoms with Crippen molar-refractivity contribution >= 4 is 5.97 Å². The number of aromatic nitrogens is 2. The number of rotatable bonds is 10. The lowest BCUT2D eigenvalue weighted by atomic mass is 9.87. The van der Waals surface area contributed by atoms with Crippen LogP contribution in [0.1, 0.15) is 86.1 Å². The van der Waals surface area contributed by atoms with Crippen molar-refractivity contribution in [2.24, 2.45) is 11.8 Å². The zero-order chi connectivity index (χ0) is 28.2. The molecule has 8 heteroatoms. The van der Waals surface area contributed by atoms with Crippen molar-refractivity contribution in [3.05, 3.63) is 81.5 Å². The zero-order valence-electron chi connectivity index (χ0n) is 22.6. The van der Waals surface area contributed by atoms with Crippen molar-refractivity contribution in [3.63, 3.8) is 0 Å². The average Bonchev–Trinajstić information content (AvgIpc) is 3.17. The van der Waals surface area contributed by atoms with Gasteiger partial charge in [0.05, 0.1) is 17.8 Å². The Hall–Kier alpha value is -3.29. The van der Waals surface area contributed by atoms with Gasteiger partial charge in [-0.3, -0.25) is 9.13 Å². The summed E-state index contributed by atoms with van der Waals surface area (Å²) >= 11 is 0. The molecule has 1 aliphatic rings. The quantitative estimate of drug-likeness (QED) is 0.286. The second kappa shape index (κ2) is 12.3. The second-order valence-electron chi connectivity index (χ2n) is 11.0. The predicted molar refractivity (Wildman–Crippen MR) is 146 cm³/mol. The number of hydrogen-bond acceptors (Lipinski definition) is 2. The summed E-state index contributed by atoms with van der Waals surface area (Å²) in [4.78, 5) is 26.1. The van der Waals surface area contributed by atoms with E-state index in [1.807, 2.05) is 19.9 Å². The normalized spacial score (nSPS) is 14.7. The van der Waals surface area contributed by atoms with Crippen LogP contribution in [0.4, 0.5) is 13.2 Å². The first-order chi connectivity index (χ1) is 18.6. The SMILES string of the molecule is CC(C)CCc1c(C(F)(F)F)n(CCC2CCCCC2)c(=O)n1Cc1cccc(-c2ccccc2)c1C(=O)O. The van der Waals surface area contributed by atoms with Gasteiger partial charge in [0, 0.05) is 6.54 Å². The highest BCUT2D eigenvalue weighted by Gasteiger charge is 2.40. The van der Waals surface area contributed by atoms with Gasteiger partial charge in [-0.2, -0.15) is 13.2 Å². The number of imidazole rings is 1. The van der Waals surface area contributed by atoms with E-state index in [1.54, 1.807) is 42.5 Å². The minimum Gasteiger partial charge on any atom is -0.478 e. The molecule has 0 bridgehead atoms. The molecule has 0 radical (unpaired) electrons. The number of benzene rings is 2. The number of carboxylic acid groups (broad SMARTS) is 1. The monoisotopic (exact) mass is 542 g/mol. The summed E-state index contributed by atoms with van der Waals surface area (Å²) in [5.41, 5.74) is -0.233. The molecule has 0 spiro atoms. The van der Waals surface area contributed by atoms with E-state index in [1.165, 1.54) is 4.57 Å². The van der Waals surface area contributed by atoms with Crippen molar-refractivity contribution < 1.29 is 23.1 Å². The lowest BCUT2D eigenvalue weighted by molar-refractivity contribution is -0.144. The van der Waals surface area contributed by atoms with Crippen LogP contribution in [0.15, 0.2) is 53.3 Å². The Labute approximate surface area is 227 Å². The van der Waals surface area contributed by atoms with E-state index in [-0.39, 0.29) is 36.7 Å². The summed E-state index contributed by atoms with van der Waals surface area (Å²) < 4.78 is 45.7. The van der Waals surface area contributed by atoms with Crippen molar-refractivity contribution in [1.82, 2.24) is 9.13 Å². The van der Waals surface area contributed by atoms with Crippen LogP contribution in [0.5, 0.6) is 0 Å². The molecule has 1 aliphatic carbocycles.